The molecule has 94 valence electrons. The van der Waals surface area contributed by atoms with Gasteiger partial charge in [0.15, 0.2) is 0 Å². The minimum Gasteiger partial charge on any atom is -0.477 e. The van der Waals surface area contributed by atoms with Gasteiger partial charge in [-0.1, -0.05) is 24.3 Å². The predicted molar refractivity (Wildman–Crippen MR) is 72.2 cm³/mol. The van der Waals surface area contributed by atoms with Crippen LogP contribution in [-0.2, 0) is 6.54 Å². The summed E-state index contributed by atoms with van der Waals surface area (Å²) in [4.78, 5) is 15.0. The quantitative estimate of drug-likeness (QED) is 0.779. The fourth-order valence-electron chi connectivity index (χ4n) is 2.14. The molecule has 2 aromatic heterocycles. The Balaban J connectivity index is 1.97. The van der Waals surface area contributed by atoms with Crippen LogP contribution in [0.2, 0.25) is 0 Å². The SMILES string of the molecule is O=C(O)c1cccc(Cn2ccc3ccccc32)n1. The first kappa shape index (κ1) is 11.5. The highest BCUT2D eigenvalue weighted by Crippen LogP contribution is 2.16. The van der Waals surface area contributed by atoms with Crippen LogP contribution in [0.25, 0.3) is 10.9 Å². The van der Waals surface area contributed by atoms with Gasteiger partial charge < -0.3 is 9.67 Å². The summed E-state index contributed by atoms with van der Waals surface area (Å²) in [7, 11) is 0. The molecule has 0 radical (unpaired) electrons. The summed E-state index contributed by atoms with van der Waals surface area (Å²) in [5, 5.41) is 10.1. The maximum Gasteiger partial charge on any atom is 0.354 e. The lowest BCUT2D eigenvalue weighted by Gasteiger charge is -2.05. The van der Waals surface area contributed by atoms with Crippen LogP contribution in [0.5, 0.6) is 0 Å². The largest absolute Gasteiger partial charge is 0.477 e. The molecule has 4 nitrogen and oxygen atoms in total. The molecule has 1 N–H and O–H groups in total. The summed E-state index contributed by atoms with van der Waals surface area (Å²) in [5.41, 5.74) is 1.93. The van der Waals surface area contributed by atoms with Crippen LogP contribution in [0.4, 0.5) is 0 Å². The summed E-state index contributed by atoms with van der Waals surface area (Å²) < 4.78 is 2.06. The van der Waals surface area contributed by atoms with Crippen molar-refractivity contribution in [2.45, 2.75) is 6.54 Å². The van der Waals surface area contributed by atoms with E-state index >= 15 is 0 Å². The van der Waals surface area contributed by atoms with E-state index in [0.29, 0.717) is 6.54 Å². The van der Waals surface area contributed by atoms with Crippen LogP contribution in [0.3, 0.4) is 0 Å². The Bertz CT molecular complexity index is 746. The van der Waals surface area contributed by atoms with Gasteiger partial charge in [-0.3, -0.25) is 0 Å². The van der Waals surface area contributed by atoms with Crippen LogP contribution in [0, 0.1) is 0 Å². The number of carboxylic acid groups (broad SMARTS) is 1. The van der Waals surface area contributed by atoms with Crippen molar-refractivity contribution in [2.75, 3.05) is 0 Å². The molecule has 0 unspecified atom stereocenters. The predicted octanol–water partition coefficient (Wildman–Crippen LogP) is 2.78. The van der Waals surface area contributed by atoms with E-state index in [1.807, 2.05) is 42.6 Å². The summed E-state index contributed by atoms with van der Waals surface area (Å²) in [6, 6.07) is 15.2. The smallest absolute Gasteiger partial charge is 0.354 e. The minimum atomic E-state index is -1.00. The van der Waals surface area contributed by atoms with E-state index in [1.165, 1.54) is 6.07 Å². The second kappa shape index (κ2) is 4.57. The van der Waals surface area contributed by atoms with E-state index in [2.05, 4.69) is 9.55 Å². The average molecular weight is 252 g/mol. The van der Waals surface area contributed by atoms with Crippen molar-refractivity contribution < 1.29 is 9.90 Å². The fraction of sp³-hybridized carbons (Fsp3) is 0.0667. The number of carboxylic acids is 1. The molecule has 0 aliphatic carbocycles. The van der Waals surface area contributed by atoms with Crippen LogP contribution >= 0.6 is 0 Å². The molecule has 1 aromatic carbocycles. The Labute approximate surface area is 109 Å². The molecular formula is C15H12N2O2. The van der Waals surface area contributed by atoms with E-state index in [4.69, 9.17) is 5.11 Å². The first-order valence-corrected chi connectivity index (χ1v) is 5.97. The van der Waals surface area contributed by atoms with Crippen molar-refractivity contribution in [3.63, 3.8) is 0 Å². The number of aromatic carboxylic acids is 1. The zero-order chi connectivity index (χ0) is 13.2. The summed E-state index contributed by atoms with van der Waals surface area (Å²) in [6.45, 7) is 0.564. The van der Waals surface area contributed by atoms with Gasteiger partial charge >= 0.3 is 5.97 Å². The van der Waals surface area contributed by atoms with Gasteiger partial charge in [-0.25, -0.2) is 9.78 Å². The molecule has 3 rings (SSSR count). The standard InChI is InChI=1S/C15H12N2O2/c18-15(19)13-6-3-5-12(16-13)10-17-9-8-11-4-1-2-7-14(11)17/h1-9H,10H2,(H,18,19). The molecule has 4 heteroatoms. The zero-order valence-electron chi connectivity index (χ0n) is 10.2. The second-order valence-electron chi connectivity index (χ2n) is 4.32. The second-order valence-corrected chi connectivity index (χ2v) is 4.32. The third kappa shape index (κ3) is 2.20. The highest BCUT2D eigenvalue weighted by atomic mass is 16.4. The van der Waals surface area contributed by atoms with Gasteiger partial charge in [0, 0.05) is 11.7 Å². The Morgan fingerprint density at radius 1 is 1.11 bits per heavy atom. The molecule has 0 amide bonds. The minimum absolute atomic E-state index is 0.0777. The van der Waals surface area contributed by atoms with E-state index in [1.54, 1.807) is 6.07 Å². The van der Waals surface area contributed by atoms with Crippen molar-refractivity contribution in [1.29, 1.82) is 0 Å². The Kier molecular flexibility index (Phi) is 2.76. The number of para-hydroxylation sites is 1. The maximum absolute atomic E-state index is 10.9. The fourth-order valence-corrected chi connectivity index (χ4v) is 2.14. The Morgan fingerprint density at radius 3 is 2.79 bits per heavy atom. The first-order chi connectivity index (χ1) is 9.24. The van der Waals surface area contributed by atoms with Crippen LogP contribution in [0.1, 0.15) is 16.2 Å². The van der Waals surface area contributed by atoms with Crippen molar-refractivity contribution >= 4 is 16.9 Å². The number of nitrogens with zero attached hydrogens (tertiary/aromatic N) is 2. The summed E-state index contributed by atoms with van der Waals surface area (Å²) >= 11 is 0. The monoisotopic (exact) mass is 252 g/mol. The maximum atomic E-state index is 10.9. The number of fused-ring (bicyclic) bond motifs is 1. The van der Waals surface area contributed by atoms with E-state index in [0.717, 1.165) is 16.6 Å². The molecule has 0 aliphatic rings. The van der Waals surface area contributed by atoms with Crippen LogP contribution in [0.15, 0.2) is 54.7 Å². The van der Waals surface area contributed by atoms with Gasteiger partial charge in [0.05, 0.1) is 12.2 Å². The molecule has 2 heterocycles. The first-order valence-electron chi connectivity index (χ1n) is 5.97. The average Bonchev–Trinajstić information content (AvgIpc) is 2.83. The number of hydrogen-bond acceptors (Lipinski definition) is 2. The lowest BCUT2D eigenvalue weighted by Crippen LogP contribution is -2.05. The molecule has 0 atom stereocenters. The number of carbonyl (C=O) groups is 1. The highest BCUT2D eigenvalue weighted by Gasteiger charge is 2.06. The molecule has 0 aliphatic heterocycles. The van der Waals surface area contributed by atoms with Crippen LogP contribution < -0.4 is 0 Å². The number of pyridine rings is 1. The molecular weight excluding hydrogens is 240 g/mol. The molecule has 0 saturated heterocycles. The molecule has 0 fully saturated rings. The van der Waals surface area contributed by atoms with E-state index < -0.39 is 5.97 Å². The number of rotatable bonds is 3. The van der Waals surface area contributed by atoms with Gasteiger partial charge in [0.25, 0.3) is 0 Å². The Hall–Kier alpha value is -2.62. The lowest BCUT2D eigenvalue weighted by molar-refractivity contribution is 0.0690. The van der Waals surface area contributed by atoms with Crippen molar-refractivity contribution in [1.82, 2.24) is 9.55 Å². The third-order valence-corrected chi connectivity index (χ3v) is 3.04. The number of hydrogen-bond donors (Lipinski definition) is 1. The number of benzene rings is 1. The van der Waals surface area contributed by atoms with Crippen LogP contribution in [-0.4, -0.2) is 20.6 Å². The highest BCUT2D eigenvalue weighted by molar-refractivity contribution is 5.85. The number of aromatic nitrogens is 2. The molecule has 19 heavy (non-hydrogen) atoms. The van der Waals surface area contributed by atoms with Gasteiger partial charge in [-0.15, -0.1) is 0 Å². The molecule has 0 saturated carbocycles. The topological polar surface area (TPSA) is 55.1 Å². The summed E-state index contributed by atoms with van der Waals surface area (Å²) in [5.74, 6) is -1.00. The summed E-state index contributed by atoms with van der Waals surface area (Å²) in [6.07, 6.45) is 1.99. The van der Waals surface area contributed by atoms with Gasteiger partial charge in [0.2, 0.25) is 0 Å². The normalized spacial score (nSPS) is 10.7. The van der Waals surface area contributed by atoms with E-state index in [-0.39, 0.29) is 5.69 Å². The molecule has 3 aromatic rings. The Morgan fingerprint density at radius 2 is 1.95 bits per heavy atom. The zero-order valence-corrected chi connectivity index (χ0v) is 10.2. The van der Waals surface area contributed by atoms with Gasteiger partial charge in [-0.05, 0) is 29.7 Å². The third-order valence-electron chi connectivity index (χ3n) is 3.04. The molecule has 0 spiro atoms. The molecule has 0 bridgehead atoms. The van der Waals surface area contributed by atoms with Gasteiger partial charge in [-0.2, -0.15) is 0 Å². The van der Waals surface area contributed by atoms with E-state index in [9.17, 15) is 4.79 Å². The van der Waals surface area contributed by atoms with Crippen molar-refractivity contribution in [3.05, 3.63) is 66.1 Å². The van der Waals surface area contributed by atoms with Gasteiger partial charge in [0.1, 0.15) is 5.69 Å². The van der Waals surface area contributed by atoms with Crippen molar-refractivity contribution in [3.8, 4) is 0 Å². The van der Waals surface area contributed by atoms with Crippen molar-refractivity contribution in [2.24, 2.45) is 0 Å². The lowest BCUT2D eigenvalue weighted by atomic mass is 10.2.